The molecule has 0 saturated heterocycles. The van der Waals surface area contributed by atoms with E-state index in [9.17, 15) is 14.4 Å². The number of nitrogens with one attached hydrogen (secondary N) is 3. The van der Waals surface area contributed by atoms with E-state index in [0.29, 0.717) is 22.1 Å². The molecular formula is C23H23ClN4O3S. The summed E-state index contributed by atoms with van der Waals surface area (Å²) in [5.74, 6) is -0.587. The molecule has 7 nitrogen and oxygen atoms in total. The van der Waals surface area contributed by atoms with Crippen LogP contribution in [0.5, 0.6) is 0 Å². The van der Waals surface area contributed by atoms with E-state index < -0.39 is 0 Å². The smallest absolute Gasteiger partial charge is 0.252 e. The number of anilines is 2. The number of hydrogen-bond donors (Lipinski definition) is 3. The molecule has 9 heteroatoms. The van der Waals surface area contributed by atoms with Crippen LogP contribution in [0.2, 0.25) is 5.02 Å². The average Bonchev–Trinajstić information content (AvgIpc) is 3.23. The number of nitrogens with zero attached hydrogens (tertiary/aromatic N) is 1. The van der Waals surface area contributed by atoms with E-state index in [-0.39, 0.29) is 30.7 Å². The zero-order valence-electron chi connectivity index (χ0n) is 17.5. The normalized spacial score (nSPS) is 10.4. The lowest BCUT2D eigenvalue weighted by Crippen LogP contribution is -2.27. The summed E-state index contributed by atoms with van der Waals surface area (Å²) < 4.78 is 0. The van der Waals surface area contributed by atoms with Gasteiger partial charge >= 0.3 is 0 Å². The Hall–Kier alpha value is -3.23. The van der Waals surface area contributed by atoms with Gasteiger partial charge in [0.15, 0.2) is 5.13 Å². The van der Waals surface area contributed by atoms with Crippen LogP contribution in [0.25, 0.3) is 11.3 Å². The van der Waals surface area contributed by atoms with Gasteiger partial charge in [0.25, 0.3) is 5.91 Å². The van der Waals surface area contributed by atoms with Crippen LogP contribution in [0, 0.1) is 0 Å². The van der Waals surface area contributed by atoms with E-state index in [1.54, 1.807) is 24.3 Å². The summed E-state index contributed by atoms with van der Waals surface area (Å²) in [5, 5.41) is 11.0. The van der Waals surface area contributed by atoms with Crippen molar-refractivity contribution in [2.45, 2.75) is 26.2 Å². The second-order valence-electron chi connectivity index (χ2n) is 6.95. The molecule has 0 spiro atoms. The molecule has 0 bridgehead atoms. The summed E-state index contributed by atoms with van der Waals surface area (Å²) in [5.41, 5.74) is 2.70. The maximum atomic E-state index is 12.2. The SMILES string of the molecule is CCCC(=O)Nc1ccc(-c2csc(NC(=O)CCNC(=O)c3ccccc3Cl)n2)cc1. The van der Waals surface area contributed by atoms with Crippen LogP contribution in [-0.2, 0) is 9.59 Å². The summed E-state index contributed by atoms with van der Waals surface area (Å²) in [6.45, 7) is 2.14. The van der Waals surface area contributed by atoms with E-state index in [2.05, 4.69) is 20.9 Å². The molecule has 0 aliphatic heterocycles. The van der Waals surface area contributed by atoms with Gasteiger partial charge in [0.05, 0.1) is 16.3 Å². The molecule has 3 rings (SSSR count). The van der Waals surface area contributed by atoms with Gasteiger partial charge in [-0.25, -0.2) is 4.98 Å². The van der Waals surface area contributed by atoms with Crippen molar-refractivity contribution in [2.75, 3.05) is 17.2 Å². The van der Waals surface area contributed by atoms with Crippen molar-refractivity contribution in [3.8, 4) is 11.3 Å². The molecule has 166 valence electrons. The van der Waals surface area contributed by atoms with Crippen LogP contribution in [0.3, 0.4) is 0 Å². The van der Waals surface area contributed by atoms with Gasteiger partial charge in [-0.1, -0.05) is 42.8 Å². The maximum Gasteiger partial charge on any atom is 0.252 e. The Bertz CT molecular complexity index is 1100. The molecule has 2 aromatic carbocycles. The number of amides is 3. The highest BCUT2D eigenvalue weighted by molar-refractivity contribution is 7.14. The molecule has 0 fully saturated rings. The molecule has 0 radical (unpaired) electrons. The number of thiazole rings is 1. The van der Waals surface area contributed by atoms with Crippen LogP contribution in [0.15, 0.2) is 53.9 Å². The molecule has 0 aliphatic rings. The number of halogens is 1. The first-order valence-corrected chi connectivity index (χ1v) is 11.4. The fourth-order valence-electron chi connectivity index (χ4n) is 2.85. The van der Waals surface area contributed by atoms with E-state index in [1.807, 2.05) is 36.6 Å². The van der Waals surface area contributed by atoms with Crippen molar-refractivity contribution in [3.05, 3.63) is 64.5 Å². The third-order valence-corrected chi connectivity index (χ3v) is 5.54. The Kier molecular flexibility index (Phi) is 8.35. The van der Waals surface area contributed by atoms with Crippen molar-refractivity contribution < 1.29 is 14.4 Å². The highest BCUT2D eigenvalue weighted by atomic mass is 35.5. The topological polar surface area (TPSA) is 100 Å². The zero-order chi connectivity index (χ0) is 22.9. The van der Waals surface area contributed by atoms with E-state index >= 15 is 0 Å². The molecule has 0 atom stereocenters. The summed E-state index contributed by atoms with van der Waals surface area (Å²) in [7, 11) is 0. The van der Waals surface area contributed by atoms with Crippen molar-refractivity contribution in [1.82, 2.24) is 10.3 Å². The molecular weight excluding hydrogens is 448 g/mol. The monoisotopic (exact) mass is 470 g/mol. The zero-order valence-corrected chi connectivity index (χ0v) is 19.1. The Morgan fingerprint density at radius 1 is 0.969 bits per heavy atom. The lowest BCUT2D eigenvalue weighted by molar-refractivity contribution is -0.117. The minimum atomic E-state index is -0.325. The minimum Gasteiger partial charge on any atom is -0.351 e. The fraction of sp³-hybridized carbons (Fsp3) is 0.217. The first-order chi connectivity index (χ1) is 15.5. The van der Waals surface area contributed by atoms with Crippen molar-refractivity contribution in [1.29, 1.82) is 0 Å². The number of carbonyl (C=O) groups is 3. The standard InChI is InChI=1S/C23H23ClN4O3S/c1-2-5-20(29)26-16-10-8-15(9-11-16)19-14-32-23(27-19)28-21(30)12-13-25-22(31)17-6-3-4-7-18(17)24/h3-4,6-11,14H,2,5,12-13H2,1H3,(H,25,31)(H,26,29)(H,27,28,30). The average molecular weight is 471 g/mol. The van der Waals surface area contributed by atoms with Crippen LogP contribution in [-0.4, -0.2) is 29.3 Å². The Morgan fingerprint density at radius 2 is 1.69 bits per heavy atom. The molecule has 0 aliphatic carbocycles. The van der Waals surface area contributed by atoms with Crippen LogP contribution in [0.4, 0.5) is 10.8 Å². The molecule has 0 unspecified atom stereocenters. The van der Waals surface area contributed by atoms with Gasteiger partial charge in [-0.15, -0.1) is 11.3 Å². The predicted molar refractivity (Wildman–Crippen MR) is 128 cm³/mol. The highest BCUT2D eigenvalue weighted by Gasteiger charge is 2.11. The van der Waals surface area contributed by atoms with Crippen molar-refractivity contribution in [2.24, 2.45) is 0 Å². The number of carbonyl (C=O) groups excluding carboxylic acids is 3. The quantitative estimate of drug-likeness (QED) is 0.411. The van der Waals surface area contributed by atoms with Gasteiger partial charge in [-0.2, -0.15) is 0 Å². The largest absolute Gasteiger partial charge is 0.351 e. The predicted octanol–water partition coefficient (Wildman–Crippen LogP) is 4.96. The number of benzene rings is 2. The van der Waals surface area contributed by atoms with Crippen LogP contribution < -0.4 is 16.0 Å². The third kappa shape index (κ3) is 6.63. The second kappa shape index (κ2) is 11.4. The number of rotatable bonds is 9. The lowest BCUT2D eigenvalue weighted by Gasteiger charge is -2.06. The molecule has 0 saturated carbocycles. The molecule has 1 aromatic heterocycles. The molecule has 3 aromatic rings. The second-order valence-corrected chi connectivity index (χ2v) is 8.21. The molecule has 3 amide bonds. The van der Waals surface area contributed by atoms with E-state index in [4.69, 9.17) is 11.6 Å². The minimum absolute atomic E-state index is 0.0121. The van der Waals surface area contributed by atoms with Crippen molar-refractivity contribution in [3.63, 3.8) is 0 Å². The van der Waals surface area contributed by atoms with E-state index in [0.717, 1.165) is 23.4 Å². The maximum absolute atomic E-state index is 12.2. The highest BCUT2D eigenvalue weighted by Crippen LogP contribution is 2.26. The number of hydrogen-bond acceptors (Lipinski definition) is 5. The Labute approximate surface area is 195 Å². The number of aromatic nitrogens is 1. The first-order valence-electron chi connectivity index (χ1n) is 10.1. The molecule has 1 heterocycles. The van der Waals surface area contributed by atoms with Crippen LogP contribution in [0.1, 0.15) is 36.5 Å². The van der Waals surface area contributed by atoms with Gasteiger partial charge in [0.2, 0.25) is 11.8 Å². The Morgan fingerprint density at radius 3 is 2.41 bits per heavy atom. The Balaban J connectivity index is 1.48. The fourth-order valence-corrected chi connectivity index (χ4v) is 3.81. The van der Waals surface area contributed by atoms with Gasteiger partial charge in [-0.05, 0) is 30.7 Å². The summed E-state index contributed by atoms with van der Waals surface area (Å²) in [4.78, 5) is 40.4. The summed E-state index contributed by atoms with van der Waals surface area (Å²) in [6, 6.07) is 14.1. The van der Waals surface area contributed by atoms with Gasteiger partial charge in [0.1, 0.15) is 0 Å². The third-order valence-electron chi connectivity index (χ3n) is 4.45. The first kappa shape index (κ1) is 23.4. The summed E-state index contributed by atoms with van der Waals surface area (Å²) >= 11 is 7.31. The summed E-state index contributed by atoms with van der Waals surface area (Å²) in [6.07, 6.45) is 1.39. The van der Waals surface area contributed by atoms with Gasteiger partial charge in [0, 0.05) is 36.0 Å². The molecule has 3 N–H and O–H groups in total. The van der Waals surface area contributed by atoms with E-state index in [1.165, 1.54) is 11.3 Å². The van der Waals surface area contributed by atoms with Crippen LogP contribution >= 0.6 is 22.9 Å². The van der Waals surface area contributed by atoms with Gasteiger partial charge < -0.3 is 16.0 Å². The van der Waals surface area contributed by atoms with Crippen molar-refractivity contribution >= 4 is 51.5 Å². The molecule has 32 heavy (non-hydrogen) atoms. The lowest BCUT2D eigenvalue weighted by atomic mass is 10.1. The van der Waals surface area contributed by atoms with Gasteiger partial charge in [-0.3, -0.25) is 14.4 Å².